The number of aromatic nitrogens is 2. The molecule has 2 atom stereocenters. The minimum absolute atomic E-state index is 0.669. The van der Waals surface area contributed by atoms with Crippen LogP contribution in [0.25, 0.3) is 0 Å². The molecule has 1 aromatic carbocycles. The van der Waals surface area contributed by atoms with Gasteiger partial charge in [-0.05, 0) is 50.9 Å². The lowest BCUT2D eigenvalue weighted by Gasteiger charge is -2.06. The summed E-state index contributed by atoms with van der Waals surface area (Å²) < 4.78 is 5.38. The highest BCUT2D eigenvalue weighted by molar-refractivity contribution is 5.25. The van der Waals surface area contributed by atoms with Crippen molar-refractivity contribution >= 4 is 0 Å². The Morgan fingerprint density at radius 2 is 2.05 bits per heavy atom. The summed E-state index contributed by atoms with van der Waals surface area (Å²) in [5.41, 5.74) is 1.44. The Labute approximate surface area is 126 Å². The highest BCUT2D eigenvalue weighted by Gasteiger charge is 2.39. The second kappa shape index (κ2) is 6.39. The van der Waals surface area contributed by atoms with Gasteiger partial charge in [0, 0.05) is 12.8 Å². The van der Waals surface area contributed by atoms with Crippen molar-refractivity contribution in [3.8, 4) is 0 Å². The molecule has 1 aliphatic rings. The normalized spacial score (nSPS) is 20.9. The van der Waals surface area contributed by atoms with Crippen molar-refractivity contribution in [3.63, 3.8) is 0 Å². The first-order chi connectivity index (χ1) is 10.2. The predicted octanol–water partition coefficient (Wildman–Crippen LogP) is 2.91. The van der Waals surface area contributed by atoms with Crippen molar-refractivity contribution in [1.29, 1.82) is 0 Å². The Hall–Kier alpha value is -1.68. The van der Waals surface area contributed by atoms with Gasteiger partial charge in [-0.2, -0.15) is 4.98 Å². The van der Waals surface area contributed by atoms with Gasteiger partial charge in [-0.25, -0.2) is 0 Å². The molecule has 1 heterocycles. The zero-order valence-corrected chi connectivity index (χ0v) is 12.8. The molecule has 0 bridgehead atoms. The molecule has 3 rings (SSSR count). The van der Waals surface area contributed by atoms with Gasteiger partial charge in [0.15, 0.2) is 5.82 Å². The SMILES string of the molecule is CN(C)CCCc1noc(C[C@@H]2C[C@H]2c2ccccc2)n1. The molecule has 1 saturated carbocycles. The molecule has 0 spiro atoms. The third kappa shape index (κ3) is 3.91. The topological polar surface area (TPSA) is 42.2 Å². The molecule has 0 radical (unpaired) electrons. The highest BCUT2D eigenvalue weighted by atomic mass is 16.5. The number of hydrogen-bond donors (Lipinski definition) is 0. The first kappa shape index (κ1) is 14.3. The second-order valence-corrected chi connectivity index (χ2v) is 6.23. The molecule has 0 saturated heterocycles. The molecule has 1 aliphatic carbocycles. The van der Waals surface area contributed by atoms with E-state index in [1.54, 1.807) is 0 Å². The minimum atomic E-state index is 0.669. The van der Waals surface area contributed by atoms with Crippen molar-refractivity contribution in [2.45, 2.75) is 31.6 Å². The number of aryl methyl sites for hydroxylation is 1. The van der Waals surface area contributed by atoms with E-state index in [2.05, 4.69) is 59.5 Å². The highest BCUT2D eigenvalue weighted by Crippen LogP contribution is 2.48. The van der Waals surface area contributed by atoms with Gasteiger partial charge in [0.1, 0.15) is 0 Å². The lowest BCUT2D eigenvalue weighted by atomic mass is 10.1. The maximum atomic E-state index is 5.38. The standard InChI is InChI=1S/C17H23N3O/c1-20(2)10-6-9-16-18-17(21-19-16)12-14-11-15(14)13-7-4-3-5-8-13/h3-5,7-8,14-15H,6,9-12H2,1-2H3/t14-,15-/m0/s1. The van der Waals surface area contributed by atoms with Crippen LogP contribution in [0, 0.1) is 5.92 Å². The average Bonchev–Trinajstić information content (AvgIpc) is 3.10. The van der Waals surface area contributed by atoms with Crippen LogP contribution in [0.5, 0.6) is 0 Å². The van der Waals surface area contributed by atoms with Crippen molar-refractivity contribution in [2.24, 2.45) is 5.92 Å². The van der Waals surface area contributed by atoms with Gasteiger partial charge < -0.3 is 9.42 Å². The van der Waals surface area contributed by atoms with Gasteiger partial charge in [0.05, 0.1) is 0 Å². The summed E-state index contributed by atoms with van der Waals surface area (Å²) in [6.07, 6.45) is 4.12. The Balaban J connectivity index is 1.48. The van der Waals surface area contributed by atoms with Crippen molar-refractivity contribution in [1.82, 2.24) is 15.0 Å². The van der Waals surface area contributed by atoms with E-state index in [0.717, 1.165) is 37.5 Å². The van der Waals surface area contributed by atoms with Crippen molar-refractivity contribution in [3.05, 3.63) is 47.6 Å². The maximum Gasteiger partial charge on any atom is 0.226 e. The summed E-state index contributed by atoms with van der Waals surface area (Å²) in [4.78, 5) is 6.70. The van der Waals surface area contributed by atoms with E-state index in [-0.39, 0.29) is 0 Å². The van der Waals surface area contributed by atoms with Crippen LogP contribution in [0.4, 0.5) is 0 Å². The fourth-order valence-electron chi connectivity index (χ4n) is 2.83. The van der Waals surface area contributed by atoms with Gasteiger partial charge in [0.25, 0.3) is 0 Å². The molecule has 0 aliphatic heterocycles. The van der Waals surface area contributed by atoms with Crippen LogP contribution in [-0.2, 0) is 12.8 Å². The van der Waals surface area contributed by atoms with E-state index in [1.165, 1.54) is 12.0 Å². The minimum Gasteiger partial charge on any atom is -0.339 e. The Bertz CT molecular complexity index is 564. The summed E-state index contributed by atoms with van der Waals surface area (Å²) in [7, 11) is 4.16. The smallest absolute Gasteiger partial charge is 0.226 e. The maximum absolute atomic E-state index is 5.38. The van der Waals surface area contributed by atoms with Gasteiger partial charge in [0.2, 0.25) is 5.89 Å². The fourth-order valence-corrected chi connectivity index (χ4v) is 2.83. The summed E-state index contributed by atoms with van der Waals surface area (Å²) in [6.45, 7) is 1.06. The predicted molar refractivity (Wildman–Crippen MR) is 82.2 cm³/mol. The van der Waals surface area contributed by atoms with Gasteiger partial charge in [-0.1, -0.05) is 35.5 Å². The monoisotopic (exact) mass is 285 g/mol. The molecule has 1 aromatic heterocycles. The summed E-state index contributed by atoms with van der Waals surface area (Å²) >= 11 is 0. The Kier molecular flexibility index (Phi) is 4.34. The fraction of sp³-hybridized carbons (Fsp3) is 0.529. The van der Waals surface area contributed by atoms with Crippen LogP contribution in [0.1, 0.15) is 36.0 Å². The number of rotatable bonds is 7. The lowest BCUT2D eigenvalue weighted by molar-refractivity contribution is 0.363. The molecule has 0 amide bonds. The van der Waals surface area contributed by atoms with E-state index in [1.807, 2.05) is 0 Å². The number of hydrogen-bond acceptors (Lipinski definition) is 4. The molecule has 1 fully saturated rings. The Morgan fingerprint density at radius 1 is 1.24 bits per heavy atom. The van der Waals surface area contributed by atoms with E-state index >= 15 is 0 Å². The largest absolute Gasteiger partial charge is 0.339 e. The van der Waals surface area contributed by atoms with Crippen LogP contribution in [0.15, 0.2) is 34.9 Å². The summed E-state index contributed by atoms with van der Waals surface area (Å²) in [6, 6.07) is 10.7. The van der Waals surface area contributed by atoms with E-state index in [9.17, 15) is 0 Å². The molecular formula is C17H23N3O. The molecule has 2 aromatic rings. The lowest BCUT2D eigenvalue weighted by Crippen LogP contribution is -2.13. The molecule has 0 unspecified atom stereocenters. The van der Waals surface area contributed by atoms with Crippen molar-refractivity contribution < 1.29 is 4.52 Å². The van der Waals surface area contributed by atoms with Gasteiger partial charge >= 0.3 is 0 Å². The van der Waals surface area contributed by atoms with Crippen molar-refractivity contribution in [2.75, 3.05) is 20.6 Å². The summed E-state index contributed by atoms with van der Waals surface area (Å²) in [5.74, 6) is 3.00. The zero-order chi connectivity index (χ0) is 14.7. The molecule has 0 N–H and O–H groups in total. The molecule has 4 heteroatoms. The van der Waals surface area contributed by atoms with Gasteiger partial charge in [-0.3, -0.25) is 0 Å². The van der Waals surface area contributed by atoms with Crippen LogP contribution in [0.2, 0.25) is 0 Å². The molecule has 112 valence electrons. The van der Waals surface area contributed by atoms with Crippen LogP contribution >= 0.6 is 0 Å². The third-order valence-corrected chi connectivity index (χ3v) is 4.10. The zero-order valence-electron chi connectivity index (χ0n) is 12.8. The molecular weight excluding hydrogens is 262 g/mol. The first-order valence-corrected chi connectivity index (χ1v) is 7.73. The molecule has 4 nitrogen and oxygen atoms in total. The van der Waals surface area contributed by atoms with Crippen LogP contribution in [-0.4, -0.2) is 35.7 Å². The number of nitrogens with zero attached hydrogens (tertiary/aromatic N) is 3. The summed E-state index contributed by atoms with van der Waals surface area (Å²) in [5, 5.41) is 4.09. The van der Waals surface area contributed by atoms with E-state index in [4.69, 9.17) is 4.52 Å². The second-order valence-electron chi connectivity index (χ2n) is 6.23. The van der Waals surface area contributed by atoms with Gasteiger partial charge in [-0.15, -0.1) is 0 Å². The van der Waals surface area contributed by atoms with Crippen LogP contribution < -0.4 is 0 Å². The third-order valence-electron chi connectivity index (χ3n) is 4.10. The molecule has 21 heavy (non-hydrogen) atoms. The first-order valence-electron chi connectivity index (χ1n) is 7.73. The number of benzene rings is 1. The van der Waals surface area contributed by atoms with E-state index < -0.39 is 0 Å². The quantitative estimate of drug-likeness (QED) is 0.784. The average molecular weight is 285 g/mol. The Morgan fingerprint density at radius 3 is 2.81 bits per heavy atom. The van der Waals surface area contributed by atoms with E-state index in [0.29, 0.717) is 11.8 Å². The van der Waals surface area contributed by atoms with Crippen LogP contribution in [0.3, 0.4) is 0 Å².